The van der Waals surface area contributed by atoms with Gasteiger partial charge in [-0.25, -0.2) is 0 Å². The molecule has 0 amide bonds. The molecule has 0 saturated carbocycles. The minimum atomic E-state index is -1.98. The molecular formula is C30H35Cl2NSiTi. The fourth-order valence-corrected chi connectivity index (χ4v) is 9.66. The molecule has 1 aliphatic carbocycles. The van der Waals surface area contributed by atoms with Gasteiger partial charge in [-0.2, -0.15) is 0 Å². The van der Waals surface area contributed by atoms with Gasteiger partial charge in [-0.05, 0) is 54.2 Å². The average molecular weight is 556 g/mol. The van der Waals surface area contributed by atoms with Crippen LogP contribution in [0.3, 0.4) is 0 Å². The molecule has 0 spiro atoms. The Morgan fingerprint density at radius 1 is 0.629 bits per heavy atom. The van der Waals surface area contributed by atoms with Crippen LogP contribution in [-0.4, -0.2) is 13.8 Å². The molecule has 1 atom stereocenters. The Kier molecular flexibility index (Phi) is 11.5. The van der Waals surface area contributed by atoms with E-state index in [2.05, 4.69) is 137 Å². The Labute approximate surface area is 240 Å². The van der Waals surface area contributed by atoms with E-state index in [4.69, 9.17) is 0 Å². The predicted octanol–water partition coefficient (Wildman–Crippen LogP) is 1.84. The summed E-state index contributed by atoms with van der Waals surface area (Å²) in [5, 5.41) is 1.59. The molecule has 5 heteroatoms. The Hall–Kier alpha value is -1.39. The van der Waals surface area contributed by atoms with Crippen LogP contribution in [0, 0.1) is 5.92 Å². The van der Waals surface area contributed by atoms with Crippen molar-refractivity contribution in [2.24, 2.45) is 5.92 Å². The van der Waals surface area contributed by atoms with E-state index < -0.39 is 8.24 Å². The second-order valence-corrected chi connectivity index (χ2v) is 14.4. The van der Waals surface area contributed by atoms with Gasteiger partial charge in [0.1, 0.15) is 8.24 Å². The van der Waals surface area contributed by atoms with Crippen LogP contribution in [0.5, 0.6) is 0 Å². The van der Waals surface area contributed by atoms with E-state index in [0.29, 0.717) is 5.92 Å². The molecule has 1 aliphatic rings. The van der Waals surface area contributed by atoms with E-state index >= 15 is 0 Å². The van der Waals surface area contributed by atoms with E-state index in [9.17, 15) is 0 Å². The van der Waals surface area contributed by atoms with Crippen molar-refractivity contribution in [2.75, 3.05) is 0 Å². The smallest absolute Gasteiger partial charge is 1.00 e. The molecule has 3 aromatic carbocycles. The first kappa shape index (κ1) is 31.6. The van der Waals surface area contributed by atoms with E-state index in [-0.39, 0.29) is 52.1 Å². The molecular weight excluding hydrogens is 521 g/mol. The van der Waals surface area contributed by atoms with Gasteiger partial charge in [-0.1, -0.05) is 116 Å². The second kappa shape index (κ2) is 12.7. The Morgan fingerprint density at radius 2 is 1.00 bits per heavy atom. The van der Waals surface area contributed by atoms with Crippen LogP contribution in [0.2, 0.25) is 13.1 Å². The van der Waals surface area contributed by atoms with Crippen molar-refractivity contribution in [1.29, 1.82) is 0 Å². The van der Waals surface area contributed by atoms with Crippen LogP contribution in [0.4, 0.5) is 0 Å². The maximum atomic E-state index is 4.07. The topological polar surface area (TPSA) is 12.0 Å². The molecule has 0 bridgehead atoms. The normalized spacial score (nSPS) is 15.8. The van der Waals surface area contributed by atoms with Crippen molar-refractivity contribution in [1.82, 2.24) is 4.98 Å². The summed E-state index contributed by atoms with van der Waals surface area (Å²) in [5.41, 5.74) is 8.26. The number of halogens is 2. The molecule has 0 aromatic heterocycles. The maximum Gasteiger partial charge on any atom is 2.00 e. The Bertz CT molecular complexity index is 1150. The molecule has 1 unspecified atom stereocenters. The second-order valence-electron chi connectivity index (χ2n) is 10.4. The number of hydrogen-bond acceptors (Lipinski definition) is 1. The molecule has 182 valence electrons. The Morgan fingerprint density at radius 3 is 1.40 bits per heavy atom. The van der Waals surface area contributed by atoms with Crippen molar-refractivity contribution in [2.45, 2.75) is 46.3 Å². The average Bonchev–Trinajstić information content (AvgIpc) is 3.08. The van der Waals surface area contributed by atoms with Gasteiger partial charge >= 0.3 is 21.7 Å². The summed E-state index contributed by atoms with van der Waals surface area (Å²) < 4.78 is 0. The van der Waals surface area contributed by atoms with Crippen molar-refractivity contribution in [3.05, 3.63) is 113 Å². The molecule has 4 rings (SSSR count). The van der Waals surface area contributed by atoms with Crippen molar-refractivity contribution >= 4 is 25.0 Å². The third-order valence-corrected chi connectivity index (χ3v) is 9.63. The first-order valence-corrected chi connectivity index (χ1v) is 14.6. The summed E-state index contributed by atoms with van der Waals surface area (Å²) in [6.07, 6.45) is 0. The van der Waals surface area contributed by atoms with Crippen LogP contribution in [0.1, 0.15) is 44.4 Å². The maximum absolute atomic E-state index is 4.07. The molecule has 0 heterocycles. The molecule has 0 radical (unpaired) electrons. The SMILES string of the molecule is CC1C(c2ccccc2)=C(c2ccccc2)C(c2ccccc2)=C1[Si](C)(C)NC(C)(C)C.[Cl-].[Cl-].[Ti+2]. The fraction of sp³-hybridized carbons (Fsp3) is 0.267. The quantitative estimate of drug-likeness (QED) is 0.474. The number of hydrogen-bond donors (Lipinski definition) is 1. The number of nitrogens with one attached hydrogen (secondary N) is 1. The third kappa shape index (κ3) is 6.89. The third-order valence-electron chi connectivity index (χ3n) is 6.23. The van der Waals surface area contributed by atoms with Crippen LogP contribution >= 0.6 is 0 Å². The summed E-state index contributed by atoms with van der Waals surface area (Å²) in [6.45, 7) is 14.2. The summed E-state index contributed by atoms with van der Waals surface area (Å²) in [7, 11) is -1.98. The van der Waals surface area contributed by atoms with Gasteiger partial charge in [0.2, 0.25) is 0 Å². The van der Waals surface area contributed by atoms with Crippen LogP contribution in [-0.2, 0) is 21.7 Å². The van der Waals surface area contributed by atoms with Gasteiger partial charge in [0.15, 0.2) is 0 Å². The molecule has 0 aliphatic heterocycles. The minimum Gasteiger partial charge on any atom is -1.00 e. The molecule has 3 aromatic rings. The predicted molar refractivity (Wildman–Crippen MR) is 143 cm³/mol. The summed E-state index contributed by atoms with van der Waals surface area (Å²) in [6, 6.07) is 32.9. The van der Waals surface area contributed by atoms with E-state index in [1.165, 1.54) is 33.4 Å². The minimum absolute atomic E-state index is 0. The monoisotopic (exact) mass is 555 g/mol. The van der Waals surface area contributed by atoms with Gasteiger partial charge in [-0.3, -0.25) is 0 Å². The fourth-order valence-electron chi connectivity index (χ4n) is 5.53. The van der Waals surface area contributed by atoms with Gasteiger partial charge in [0.05, 0.1) is 0 Å². The largest absolute Gasteiger partial charge is 2.00 e. The first-order chi connectivity index (χ1) is 15.2. The molecule has 1 N–H and O–H groups in total. The van der Waals surface area contributed by atoms with Gasteiger partial charge < -0.3 is 29.8 Å². The number of benzene rings is 3. The summed E-state index contributed by atoms with van der Waals surface area (Å²) >= 11 is 0. The van der Waals surface area contributed by atoms with E-state index in [0.717, 1.165) is 0 Å². The van der Waals surface area contributed by atoms with Crippen molar-refractivity contribution in [3.63, 3.8) is 0 Å². The van der Waals surface area contributed by atoms with E-state index in [1.807, 2.05) is 0 Å². The summed E-state index contributed by atoms with van der Waals surface area (Å²) in [5.74, 6) is 0.347. The zero-order chi connectivity index (χ0) is 22.9. The van der Waals surface area contributed by atoms with Crippen molar-refractivity contribution in [3.8, 4) is 0 Å². The van der Waals surface area contributed by atoms with Crippen molar-refractivity contribution < 1.29 is 46.5 Å². The molecule has 0 fully saturated rings. The number of allylic oxidation sites excluding steroid dienone is 4. The molecule has 35 heavy (non-hydrogen) atoms. The summed E-state index contributed by atoms with van der Waals surface area (Å²) in [4.78, 5) is 4.07. The molecule has 1 nitrogen and oxygen atoms in total. The van der Waals surface area contributed by atoms with Crippen LogP contribution < -0.4 is 29.8 Å². The van der Waals surface area contributed by atoms with Gasteiger partial charge in [-0.15, -0.1) is 0 Å². The molecule has 0 saturated heterocycles. The standard InChI is InChI=1S/C30H35NSi.2ClH.Ti/c1-22-26(23-16-10-7-11-17-23)27(24-18-12-8-13-19-24)28(25-20-14-9-15-21-25)29(22)32(5,6)31-30(2,3)4;;;/h7-22,31H,1-6H3;2*1H;/q;;;+2/p-2. The van der Waals surface area contributed by atoms with Gasteiger partial charge in [0, 0.05) is 11.5 Å². The Balaban J connectivity index is 0.00000204. The number of rotatable bonds is 5. The zero-order valence-corrected chi connectivity index (χ0v) is 25.6. The first-order valence-electron chi connectivity index (χ1n) is 11.6. The van der Waals surface area contributed by atoms with Crippen LogP contribution in [0.15, 0.2) is 96.2 Å². The van der Waals surface area contributed by atoms with Gasteiger partial charge in [0.25, 0.3) is 0 Å². The van der Waals surface area contributed by atoms with Crippen LogP contribution in [0.25, 0.3) is 16.7 Å². The van der Waals surface area contributed by atoms with E-state index in [1.54, 1.807) is 5.20 Å². The zero-order valence-electron chi connectivity index (χ0n) is 21.5.